The first-order valence-corrected chi connectivity index (χ1v) is 7.07. The van der Waals surface area contributed by atoms with E-state index >= 15 is 0 Å². The molecule has 1 atom stereocenters. The Hall–Kier alpha value is -0.960. The summed E-state index contributed by atoms with van der Waals surface area (Å²) in [7, 11) is -3.75. The van der Waals surface area contributed by atoms with Gasteiger partial charge in [-0.3, -0.25) is 4.72 Å². The highest BCUT2D eigenvalue weighted by molar-refractivity contribution is 7.93. The molecule has 4 nitrogen and oxygen atoms in total. The lowest BCUT2D eigenvalue weighted by molar-refractivity contribution is 0.593. The highest BCUT2D eigenvalue weighted by Crippen LogP contribution is 2.26. The second-order valence-corrected chi connectivity index (χ2v) is 6.00. The molecule has 0 heterocycles. The molecule has 0 aliphatic heterocycles. The van der Waals surface area contributed by atoms with E-state index in [2.05, 4.69) is 4.72 Å². The van der Waals surface area contributed by atoms with Gasteiger partial charge in [0.2, 0.25) is 10.0 Å². The fourth-order valence-corrected chi connectivity index (χ4v) is 2.89. The maximum absolute atomic E-state index is 11.8. The van der Waals surface area contributed by atoms with E-state index in [1.165, 1.54) is 18.2 Å². The van der Waals surface area contributed by atoms with Gasteiger partial charge >= 0.3 is 0 Å². The van der Waals surface area contributed by atoms with Crippen molar-refractivity contribution in [3.8, 4) is 6.07 Å². The molecular weight excluding hydrogens is 283 g/mol. The first-order valence-electron chi connectivity index (χ1n) is 4.77. The molecule has 0 aromatic heterocycles. The molecule has 0 saturated carbocycles. The molecule has 1 N–H and O–H groups in total. The molecule has 0 aliphatic rings. The van der Waals surface area contributed by atoms with Gasteiger partial charge in [-0.05, 0) is 24.6 Å². The third-order valence-corrected chi connectivity index (χ3v) is 4.31. The van der Waals surface area contributed by atoms with E-state index in [9.17, 15) is 8.42 Å². The van der Waals surface area contributed by atoms with Gasteiger partial charge in [-0.15, -0.1) is 0 Å². The standard InChI is InChI=1S/C10H10Cl2N2O2S/c1-2-8(6-13)17(15,16)14-10-4-3-7(11)5-9(10)12/h3-5,8,14H,2H2,1H3. The Bertz CT molecular complexity index is 552. The Morgan fingerprint density at radius 2 is 2.12 bits per heavy atom. The lowest BCUT2D eigenvalue weighted by Gasteiger charge is -2.12. The third-order valence-electron chi connectivity index (χ3n) is 2.07. The van der Waals surface area contributed by atoms with Crippen LogP contribution in [-0.2, 0) is 10.0 Å². The van der Waals surface area contributed by atoms with Crippen LogP contribution >= 0.6 is 23.2 Å². The normalized spacial score (nSPS) is 12.8. The number of nitriles is 1. The van der Waals surface area contributed by atoms with Gasteiger partial charge in [-0.1, -0.05) is 30.1 Å². The van der Waals surface area contributed by atoms with Crippen LogP contribution in [0.3, 0.4) is 0 Å². The van der Waals surface area contributed by atoms with E-state index in [0.29, 0.717) is 5.02 Å². The lowest BCUT2D eigenvalue weighted by atomic mass is 10.3. The smallest absolute Gasteiger partial charge is 0.249 e. The average Bonchev–Trinajstić information content (AvgIpc) is 2.23. The van der Waals surface area contributed by atoms with Crippen molar-refractivity contribution >= 4 is 38.9 Å². The number of hydrogen-bond acceptors (Lipinski definition) is 3. The van der Waals surface area contributed by atoms with Gasteiger partial charge in [0, 0.05) is 5.02 Å². The summed E-state index contributed by atoms with van der Waals surface area (Å²) in [6.45, 7) is 1.62. The van der Waals surface area contributed by atoms with Crippen molar-refractivity contribution in [2.75, 3.05) is 4.72 Å². The predicted octanol–water partition coefficient (Wildman–Crippen LogP) is 3.04. The molecule has 0 saturated heterocycles. The Balaban J connectivity index is 3.03. The fourth-order valence-electron chi connectivity index (χ4n) is 1.18. The highest BCUT2D eigenvalue weighted by Gasteiger charge is 2.23. The molecule has 17 heavy (non-hydrogen) atoms. The molecule has 7 heteroatoms. The van der Waals surface area contributed by atoms with Crippen molar-refractivity contribution in [2.24, 2.45) is 0 Å². The topological polar surface area (TPSA) is 70.0 Å². The Morgan fingerprint density at radius 3 is 2.59 bits per heavy atom. The van der Waals surface area contributed by atoms with Gasteiger partial charge in [-0.25, -0.2) is 8.42 Å². The van der Waals surface area contributed by atoms with E-state index < -0.39 is 15.3 Å². The van der Waals surface area contributed by atoms with Crippen LogP contribution in [0, 0.1) is 11.3 Å². The maximum Gasteiger partial charge on any atom is 0.249 e. The van der Waals surface area contributed by atoms with Crippen LogP contribution in [0.1, 0.15) is 13.3 Å². The molecule has 0 fully saturated rings. The van der Waals surface area contributed by atoms with Gasteiger partial charge in [0.25, 0.3) is 0 Å². The van der Waals surface area contributed by atoms with Gasteiger partial charge in [0.1, 0.15) is 0 Å². The van der Waals surface area contributed by atoms with Gasteiger partial charge in [0.15, 0.2) is 5.25 Å². The minimum atomic E-state index is -3.75. The summed E-state index contributed by atoms with van der Waals surface area (Å²) in [5, 5.41) is 8.22. The monoisotopic (exact) mass is 292 g/mol. The fraction of sp³-hybridized carbons (Fsp3) is 0.300. The van der Waals surface area contributed by atoms with Crippen LogP contribution in [0.15, 0.2) is 18.2 Å². The molecule has 0 spiro atoms. The molecular formula is C10H10Cl2N2O2S. The van der Waals surface area contributed by atoms with Crippen LogP contribution in [0.2, 0.25) is 10.0 Å². The zero-order valence-electron chi connectivity index (χ0n) is 8.94. The van der Waals surface area contributed by atoms with Gasteiger partial charge in [0.05, 0.1) is 16.8 Å². The number of halogens is 2. The molecule has 0 aliphatic carbocycles. The number of rotatable bonds is 4. The van der Waals surface area contributed by atoms with E-state index in [1.807, 2.05) is 0 Å². The predicted molar refractivity (Wildman–Crippen MR) is 68.7 cm³/mol. The van der Waals surface area contributed by atoms with Gasteiger partial charge < -0.3 is 0 Å². The Morgan fingerprint density at radius 1 is 1.47 bits per heavy atom. The Kier molecular flexibility index (Phi) is 4.63. The van der Waals surface area contributed by atoms with Crippen molar-refractivity contribution in [1.82, 2.24) is 0 Å². The van der Waals surface area contributed by atoms with Crippen LogP contribution < -0.4 is 4.72 Å². The van der Waals surface area contributed by atoms with Crippen LogP contribution in [0.4, 0.5) is 5.69 Å². The summed E-state index contributed by atoms with van der Waals surface area (Å²) >= 11 is 11.5. The van der Waals surface area contributed by atoms with E-state index in [0.717, 1.165) is 0 Å². The number of nitrogens with one attached hydrogen (secondary N) is 1. The lowest BCUT2D eigenvalue weighted by Crippen LogP contribution is -2.26. The van der Waals surface area contributed by atoms with Crippen LogP contribution in [-0.4, -0.2) is 13.7 Å². The molecule has 1 aromatic rings. The number of anilines is 1. The summed E-state index contributed by atoms with van der Waals surface area (Å²) in [6, 6.07) is 6.11. The molecule has 0 amide bonds. The minimum Gasteiger partial charge on any atom is -0.281 e. The molecule has 1 rings (SSSR count). The van der Waals surface area contributed by atoms with Crippen molar-refractivity contribution in [3.63, 3.8) is 0 Å². The number of hydrogen-bond donors (Lipinski definition) is 1. The largest absolute Gasteiger partial charge is 0.281 e. The first-order chi connectivity index (χ1) is 7.90. The second-order valence-electron chi connectivity index (χ2n) is 3.30. The summed E-state index contributed by atoms with van der Waals surface area (Å²) < 4.78 is 25.8. The summed E-state index contributed by atoms with van der Waals surface area (Å²) in [4.78, 5) is 0. The minimum absolute atomic E-state index is 0.189. The number of nitrogens with zero attached hydrogens (tertiary/aromatic N) is 1. The van der Waals surface area contributed by atoms with Crippen molar-refractivity contribution in [3.05, 3.63) is 28.2 Å². The second kappa shape index (κ2) is 5.58. The summed E-state index contributed by atoms with van der Waals surface area (Å²) in [6.07, 6.45) is 0.205. The average molecular weight is 293 g/mol. The molecule has 0 bridgehead atoms. The maximum atomic E-state index is 11.8. The van der Waals surface area contributed by atoms with Crippen molar-refractivity contribution in [2.45, 2.75) is 18.6 Å². The highest BCUT2D eigenvalue weighted by atomic mass is 35.5. The third kappa shape index (κ3) is 3.50. The van der Waals surface area contributed by atoms with E-state index in [1.54, 1.807) is 13.0 Å². The molecule has 1 aromatic carbocycles. The molecule has 92 valence electrons. The zero-order valence-corrected chi connectivity index (χ0v) is 11.3. The number of sulfonamides is 1. The van der Waals surface area contributed by atoms with Gasteiger partial charge in [-0.2, -0.15) is 5.26 Å². The van der Waals surface area contributed by atoms with E-state index in [-0.39, 0.29) is 17.1 Å². The zero-order chi connectivity index (χ0) is 13.1. The summed E-state index contributed by atoms with van der Waals surface area (Å²) in [5.41, 5.74) is 0.213. The summed E-state index contributed by atoms with van der Waals surface area (Å²) in [5.74, 6) is 0. The molecule has 1 unspecified atom stereocenters. The Labute approximate surface area is 110 Å². The van der Waals surface area contributed by atoms with Crippen molar-refractivity contribution in [1.29, 1.82) is 5.26 Å². The van der Waals surface area contributed by atoms with E-state index in [4.69, 9.17) is 28.5 Å². The quantitative estimate of drug-likeness (QED) is 0.927. The SMILES string of the molecule is CCC(C#N)S(=O)(=O)Nc1ccc(Cl)cc1Cl. The van der Waals surface area contributed by atoms with Crippen LogP contribution in [0.5, 0.6) is 0 Å². The molecule has 0 radical (unpaired) electrons. The van der Waals surface area contributed by atoms with Crippen LogP contribution in [0.25, 0.3) is 0 Å². The first kappa shape index (κ1) is 14.1. The van der Waals surface area contributed by atoms with Crippen molar-refractivity contribution < 1.29 is 8.42 Å². The number of benzene rings is 1.